The van der Waals surface area contributed by atoms with Gasteiger partial charge in [-0.1, -0.05) is 38.1 Å². The third-order valence-corrected chi connectivity index (χ3v) is 6.92. The van der Waals surface area contributed by atoms with Crippen LogP contribution in [0.2, 0.25) is 0 Å². The predicted molar refractivity (Wildman–Crippen MR) is 117 cm³/mol. The van der Waals surface area contributed by atoms with Gasteiger partial charge < -0.3 is 14.5 Å². The van der Waals surface area contributed by atoms with Gasteiger partial charge in [0.15, 0.2) is 0 Å². The van der Waals surface area contributed by atoms with Crippen molar-refractivity contribution in [2.24, 2.45) is 11.8 Å². The number of rotatable bonds is 6. The molecule has 1 aromatic heterocycles. The van der Waals surface area contributed by atoms with Gasteiger partial charge in [0.05, 0.1) is 30.7 Å². The van der Waals surface area contributed by atoms with E-state index in [-0.39, 0.29) is 17.9 Å². The Morgan fingerprint density at radius 3 is 2.81 bits per heavy atom. The summed E-state index contributed by atoms with van der Waals surface area (Å²) in [5, 5.41) is 6.74. The Hall–Kier alpha value is -2.93. The number of fused-ring (bicyclic) bond motifs is 1. The Labute approximate surface area is 182 Å². The highest BCUT2D eigenvalue weighted by Crippen LogP contribution is 2.53. The molecular weight excluding hydrogens is 392 g/mol. The van der Waals surface area contributed by atoms with Crippen LogP contribution in [-0.4, -0.2) is 58.8 Å². The first-order chi connectivity index (χ1) is 14.9. The van der Waals surface area contributed by atoms with E-state index in [1.54, 1.807) is 23.0 Å². The second kappa shape index (κ2) is 7.34. The van der Waals surface area contributed by atoms with Gasteiger partial charge in [0.2, 0.25) is 11.8 Å². The molecule has 31 heavy (non-hydrogen) atoms. The monoisotopic (exact) mass is 420 g/mol. The minimum Gasteiger partial charge on any atom is -0.360 e. The van der Waals surface area contributed by atoms with Crippen molar-refractivity contribution in [2.45, 2.75) is 37.9 Å². The highest BCUT2D eigenvalue weighted by atomic mass is 16.5. The van der Waals surface area contributed by atoms with Crippen molar-refractivity contribution in [3.63, 3.8) is 0 Å². The molecule has 4 heterocycles. The topological polar surface area (TPSA) is 78.5 Å². The van der Waals surface area contributed by atoms with Crippen molar-refractivity contribution in [1.82, 2.24) is 15.1 Å². The van der Waals surface area contributed by atoms with Crippen LogP contribution in [0.15, 0.2) is 48.8 Å². The van der Waals surface area contributed by atoms with E-state index >= 15 is 0 Å². The largest absolute Gasteiger partial charge is 0.360 e. The highest BCUT2D eigenvalue weighted by molar-refractivity contribution is 6.03. The summed E-state index contributed by atoms with van der Waals surface area (Å²) in [6.45, 7) is 5.32. The first kappa shape index (κ1) is 20.0. The van der Waals surface area contributed by atoms with E-state index < -0.39 is 17.4 Å². The van der Waals surface area contributed by atoms with Gasteiger partial charge in [0.25, 0.3) is 0 Å². The third kappa shape index (κ3) is 3.19. The maximum atomic E-state index is 13.5. The van der Waals surface area contributed by atoms with Crippen LogP contribution < -0.4 is 4.90 Å². The molecule has 2 amide bonds. The number of likely N-dealkylation sites (N-methyl/N-ethyl adjacent to an activating group) is 1. The number of aromatic amines is 1. The van der Waals surface area contributed by atoms with Crippen molar-refractivity contribution in [3.8, 4) is 0 Å². The molecule has 2 saturated heterocycles. The van der Waals surface area contributed by atoms with Gasteiger partial charge in [-0.25, -0.2) is 0 Å². The number of nitrogens with zero attached hydrogens (tertiary/aromatic N) is 3. The second-order valence-electron chi connectivity index (χ2n) is 9.19. The van der Waals surface area contributed by atoms with Gasteiger partial charge in [-0.2, -0.15) is 5.10 Å². The van der Waals surface area contributed by atoms with E-state index in [0.29, 0.717) is 25.4 Å². The molecule has 1 N–H and O–H groups in total. The zero-order chi connectivity index (χ0) is 21.8. The van der Waals surface area contributed by atoms with Gasteiger partial charge in [-0.05, 0) is 35.6 Å². The summed E-state index contributed by atoms with van der Waals surface area (Å²) in [5.41, 5.74) is 2.44. The maximum Gasteiger partial charge on any atom is 0.234 e. The Bertz CT molecular complexity index is 1010. The third-order valence-electron chi connectivity index (χ3n) is 6.92. The molecule has 5 rings (SSSR count). The zero-order valence-electron chi connectivity index (χ0n) is 18.1. The van der Waals surface area contributed by atoms with E-state index in [9.17, 15) is 9.59 Å². The lowest BCUT2D eigenvalue weighted by molar-refractivity contribution is -0.139. The number of amides is 2. The van der Waals surface area contributed by atoms with Gasteiger partial charge in [0.1, 0.15) is 5.60 Å². The lowest BCUT2D eigenvalue weighted by atomic mass is 9.76. The second-order valence-corrected chi connectivity index (χ2v) is 9.19. The fourth-order valence-electron chi connectivity index (χ4n) is 5.11. The summed E-state index contributed by atoms with van der Waals surface area (Å²) in [7, 11) is 1.80. The molecular formula is C24H28N4O3. The first-order valence-electron chi connectivity index (χ1n) is 10.9. The molecule has 1 spiro atoms. The van der Waals surface area contributed by atoms with Crippen LogP contribution in [0.1, 0.15) is 30.9 Å². The van der Waals surface area contributed by atoms with Crippen LogP contribution in [-0.2, 0) is 20.7 Å². The molecule has 1 aromatic carbocycles. The van der Waals surface area contributed by atoms with E-state index in [1.807, 2.05) is 30.5 Å². The molecule has 0 saturated carbocycles. The normalized spacial score (nSPS) is 28.6. The van der Waals surface area contributed by atoms with Gasteiger partial charge >= 0.3 is 0 Å². The summed E-state index contributed by atoms with van der Waals surface area (Å²) in [6.07, 6.45) is 7.94. The van der Waals surface area contributed by atoms with Gasteiger partial charge in [0, 0.05) is 25.5 Å². The van der Waals surface area contributed by atoms with Crippen molar-refractivity contribution in [1.29, 1.82) is 0 Å². The summed E-state index contributed by atoms with van der Waals surface area (Å²) in [5.74, 6) is -0.577. The van der Waals surface area contributed by atoms with Crippen molar-refractivity contribution in [2.75, 3.05) is 25.0 Å². The molecule has 0 aliphatic carbocycles. The molecule has 2 fully saturated rings. The standard InChI is InChI=1S/C24H28N4O3/c1-15(2)17-4-6-18(7-5-17)28-14-24-10-8-19(31-24)20(21(24)23(28)30)22(29)27(3)11-9-16-12-25-26-13-16/h4-8,10,12-13,15,19-21H,9,11,14H2,1-3H3,(H,25,26)/t19-,20+,21-,24-/m0/s1. The Morgan fingerprint density at radius 2 is 2.13 bits per heavy atom. The molecule has 2 bridgehead atoms. The minimum absolute atomic E-state index is 0.0225. The number of benzene rings is 1. The molecule has 3 aliphatic rings. The van der Waals surface area contributed by atoms with Crippen LogP contribution in [0.4, 0.5) is 5.69 Å². The summed E-state index contributed by atoms with van der Waals surface area (Å²) in [4.78, 5) is 30.4. The van der Waals surface area contributed by atoms with E-state index in [2.05, 4.69) is 36.2 Å². The summed E-state index contributed by atoms with van der Waals surface area (Å²) in [6, 6.07) is 8.13. The van der Waals surface area contributed by atoms with Crippen LogP contribution in [0, 0.1) is 11.8 Å². The molecule has 0 unspecified atom stereocenters. The molecule has 0 radical (unpaired) electrons. The fraction of sp³-hybridized carbons (Fsp3) is 0.458. The number of H-pyrrole nitrogens is 1. The van der Waals surface area contributed by atoms with E-state index in [1.165, 1.54) is 5.56 Å². The molecule has 2 aromatic rings. The number of hydrogen-bond donors (Lipinski definition) is 1. The Kier molecular flexibility index (Phi) is 4.73. The zero-order valence-corrected chi connectivity index (χ0v) is 18.1. The van der Waals surface area contributed by atoms with Crippen molar-refractivity contribution < 1.29 is 14.3 Å². The summed E-state index contributed by atoms with van der Waals surface area (Å²) < 4.78 is 6.27. The molecule has 7 heteroatoms. The quantitative estimate of drug-likeness (QED) is 0.729. The first-order valence-corrected chi connectivity index (χ1v) is 10.9. The van der Waals surface area contributed by atoms with Crippen LogP contribution >= 0.6 is 0 Å². The smallest absolute Gasteiger partial charge is 0.234 e. The number of anilines is 1. The predicted octanol–water partition coefficient (Wildman–Crippen LogP) is 2.52. The molecule has 162 valence electrons. The number of carbonyl (C=O) groups is 2. The molecule has 4 atom stereocenters. The average Bonchev–Trinajstić information content (AvgIpc) is 3.54. The van der Waals surface area contributed by atoms with Crippen molar-refractivity contribution in [3.05, 3.63) is 59.9 Å². The van der Waals surface area contributed by atoms with Gasteiger partial charge in [-0.3, -0.25) is 14.7 Å². The molecule has 7 nitrogen and oxygen atoms in total. The highest BCUT2D eigenvalue weighted by Gasteiger charge is 2.67. The lowest BCUT2D eigenvalue weighted by Gasteiger charge is -2.27. The van der Waals surface area contributed by atoms with Gasteiger partial charge in [-0.15, -0.1) is 0 Å². The van der Waals surface area contributed by atoms with Crippen LogP contribution in [0.3, 0.4) is 0 Å². The lowest BCUT2D eigenvalue weighted by Crippen LogP contribution is -2.45. The number of carbonyl (C=O) groups excluding carboxylic acids is 2. The number of nitrogens with one attached hydrogen (secondary N) is 1. The molecule has 3 aliphatic heterocycles. The number of ether oxygens (including phenoxy) is 1. The summed E-state index contributed by atoms with van der Waals surface area (Å²) >= 11 is 0. The van der Waals surface area contributed by atoms with Crippen molar-refractivity contribution >= 4 is 17.5 Å². The Balaban J connectivity index is 1.35. The van der Waals surface area contributed by atoms with E-state index in [0.717, 1.165) is 11.3 Å². The Morgan fingerprint density at radius 1 is 1.35 bits per heavy atom. The average molecular weight is 421 g/mol. The maximum absolute atomic E-state index is 13.5. The van der Waals surface area contributed by atoms with Crippen LogP contribution in [0.5, 0.6) is 0 Å². The fourth-order valence-corrected chi connectivity index (χ4v) is 5.11. The SMILES string of the molecule is CC(C)c1ccc(N2C[C@]34C=C[C@H](O3)[C@@H](C(=O)N(C)CCc3cn[nH]c3)[C@H]4C2=O)cc1. The minimum atomic E-state index is -0.704. The van der Waals surface area contributed by atoms with E-state index in [4.69, 9.17) is 4.74 Å². The number of aromatic nitrogens is 2. The number of hydrogen-bond acceptors (Lipinski definition) is 4. The van der Waals surface area contributed by atoms with Crippen LogP contribution in [0.25, 0.3) is 0 Å².